The molecule has 0 radical (unpaired) electrons. The summed E-state index contributed by atoms with van der Waals surface area (Å²) < 4.78 is 18.5. The van der Waals surface area contributed by atoms with E-state index in [2.05, 4.69) is 10.3 Å². The maximum atomic E-state index is 13.0. The van der Waals surface area contributed by atoms with Gasteiger partial charge in [-0.3, -0.25) is 4.79 Å². The summed E-state index contributed by atoms with van der Waals surface area (Å²) in [6.45, 7) is 0.648. The predicted octanol–water partition coefficient (Wildman–Crippen LogP) is 3.43. The van der Waals surface area contributed by atoms with Gasteiger partial charge in [0.1, 0.15) is 17.8 Å². The minimum atomic E-state index is -0.298. The quantitative estimate of drug-likeness (QED) is 0.789. The van der Waals surface area contributed by atoms with Crippen LogP contribution in [0.25, 0.3) is 22.7 Å². The molecule has 0 bridgehead atoms. The fourth-order valence-electron chi connectivity index (χ4n) is 2.72. The number of nitrogens with one attached hydrogen (secondary N) is 1. The van der Waals surface area contributed by atoms with Gasteiger partial charge in [0, 0.05) is 23.2 Å². The Labute approximate surface area is 132 Å². The summed E-state index contributed by atoms with van der Waals surface area (Å²) in [6, 6.07) is 11.6. The van der Waals surface area contributed by atoms with Gasteiger partial charge in [-0.15, -0.1) is 0 Å². The second kappa shape index (κ2) is 5.35. The van der Waals surface area contributed by atoms with Gasteiger partial charge in [0.05, 0.1) is 0 Å². The summed E-state index contributed by atoms with van der Waals surface area (Å²) in [5, 5.41) is 2.82. The predicted molar refractivity (Wildman–Crippen MR) is 83.4 cm³/mol. The maximum absolute atomic E-state index is 13.0. The Balaban J connectivity index is 1.69. The van der Waals surface area contributed by atoms with Crippen LogP contribution in [-0.4, -0.2) is 17.4 Å². The van der Waals surface area contributed by atoms with Crippen molar-refractivity contribution < 1.29 is 13.6 Å². The van der Waals surface area contributed by atoms with E-state index in [9.17, 15) is 9.18 Å². The molecule has 0 spiro atoms. The minimum absolute atomic E-state index is 0.0371. The van der Waals surface area contributed by atoms with E-state index in [0.29, 0.717) is 23.7 Å². The summed E-state index contributed by atoms with van der Waals surface area (Å²) in [6.07, 6.45) is 2.38. The average Bonchev–Trinajstić information content (AvgIpc) is 3.05. The summed E-state index contributed by atoms with van der Waals surface area (Å²) in [4.78, 5) is 16.2. The van der Waals surface area contributed by atoms with Crippen LogP contribution in [0.4, 0.5) is 4.39 Å². The lowest BCUT2D eigenvalue weighted by Gasteiger charge is -2.16. The minimum Gasteiger partial charge on any atom is -0.444 e. The highest BCUT2D eigenvalue weighted by molar-refractivity contribution is 5.97. The van der Waals surface area contributed by atoms with Crippen LogP contribution in [0.3, 0.4) is 0 Å². The average molecular weight is 308 g/mol. The first kappa shape index (κ1) is 13.7. The number of carbonyl (C=O) groups excluding carboxylic acids is 1. The fraction of sp³-hybridized carbons (Fsp3) is 0.111. The number of hydrogen-bond donors (Lipinski definition) is 1. The molecular formula is C18H13FN2O2. The van der Waals surface area contributed by atoms with E-state index in [1.54, 1.807) is 18.4 Å². The molecule has 1 aliphatic rings. The van der Waals surface area contributed by atoms with Crippen LogP contribution in [0.2, 0.25) is 0 Å². The Hall–Kier alpha value is -2.95. The molecule has 5 heteroatoms. The van der Waals surface area contributed by atoms with Crippen molar-refractivity contribution in [2.75, 3.05) is 6.54 Å². The number of fused-ring (bicyclic) bond motifs is 1. The van der Waals surface area contributed by atoms with E-state index in [1.807, 2.05) is 18.2 Å². The van der Waals surface area contributed by atoms with Crippen molar-refractivity contribution in [2.45, 2.75) is 6.42 Å². The van der Waals surface area contributed by atoms with Crippen LogP contribution in [0, 0.1) is 5.82 Å². The highest BCUT2D eigenvalue weighted by atomic mass is 19.1. The van der Waals surface area contributed by atoms with Gasteiger partial charge in [-0.25, -0.2) is 9.37 Å². The molecule has 1 amide bonds. The molecule has 0 saturated heterocycles. The Morgan fingerprint density at radius 2 is 1.87 bits per heavy atom. The van der Waals surface area contributed by atoms with Crippen LogP contribution >= 0.6 is 0 Å². The Bertz CT molecular complexity index is 884. The van der Waals surface area contributed by atoms with Gasteiger partial charge >= 0.3 is 0 Å². The Morgan fingerprint density at radius 1 is 1.09 bits per heavy atom. The number of hydrogen-bond acceptors (Lipinski definition) is 3. The summed E-state index contributed by atoms with van der Waals surface area (Å²) in [5.74, 6) is 0.105. The van der Waals surface area contributed by atoms with Gasteiger partial charge in [0.2, 0.25) is 5.89 Å². The summed E-state index contributed by atoms with van der Waals surface area (Å²) in [5.41, 5.74) is 4.03. The summed E-state index contributed by atoms with van der Waals surface area (Å²) >= 11 is 0. The van der Waals surface area contributed by atoms with Gasteiger partial charge in [-0.1, -0.05) is 6.07 Å². The zero-order chi connectivity index (χ0) is 15.8. The zero-order valence-corrected chi connectivity index (χ0v) is 12.2. The van der Waals surface area contributed by atoms with E-state index in [1.165, 1.54) is 12.1 Å². The molecule has 2 aromatic carbocycles. The highest BCUT2D eigenvalue weighted by Gasteiger charge is 2.18. The third kappa shape index (κ3) is 2.50. The zero-order valence-electron chi connectivity index (χ0n) is 12.2. The molecule has 114 valence electrons. The van der Waals surface area contributed by atoms with Gasteiger partial charge in [0.25, 0.3) is 5.91 Å². The molecule has 23 heavy (non-hydrogen) atoms. The molecule has 1 aromatic heterocycles. The molecule has 3 aromatic rings. The smallest absolute Gasteiger partial charge is 0.251 e. The molecular weight excluding hydrogens is 295 g/mol. The van der Waals surface area contributed by atoms with E-state index in [-0.39, 0.29) is 11.7 Å². The molecule has 0 saturated carbocycles. The van der Waals surface area contributed by atoms with Crippen LogP contribution in [0.1, 0.15) is 15.9 Å². The summed E-state index contributed by atoms with van der Waals surface area (Å²) in [7, 11) is 0. The number of carbonyl (C=O) groups is 1. The molecule has 0 aliphatic carbocycles. The fourth-order valence-corrected chi connectivity index (χ4v) is 2.72. The molecule has 0 unspecified atom stereocenters. The van der Waals surface area contributed by atoms with Crippen LogP contribution in [-0.2, 0) is 6.42 Å². The first-order valence-electron chi connectivity index (χ1n) is 7.34. The van der Waals surface area contributed by atoms with E-state index in [4.69, 9.17) is 4.42 Å². The third-order valence-corrected chi connectivity index (χ3v) is 3.92. The van der Waals surface area contributed by atoms with Gasteiger partial charge in [-0.05, 0) is 48.4 Å². The lowest BCUT2D eigenvalue weighted by atomic mass is 9.97. The molecule has 4 nitrogen and oxygen atoms in total. The molecule has 0 fully saturated rings. The number of amides is 1. The molecule has 1 N–H and O–H groups in total. The third-order valence-electron chi connectivity index (χ3n) is 3.92. The second-order valence-corrected chi connectivity index (χ2v) is 5.42. The van der Waals surface area contributed by atoms with Crippen molar-refractivity contribution >= 4 is 5.91 Å². The SMILES string of the molecule is O=C1NCCc2cc(-c3coc(-c4ccc(F)cc4)n3)ccc21. The topological polar surface area (TPSA) is 55.1 Å². The number of benzene rings is 2. The number of halogens is 1. The lowest BCUT2D eigenvalue weighted by Crippen LogP contribution is -2.31. The number of oxazole rings is 1. The standard InChI is InChI=1S/C18H13FN2O2/c19-14-4-1-11(2-5-14)18-21-16(10-23-18)13-3-6-15-12(9-13)7-8-20-17(15)22/h1-6,9-10H,7-8H2,(H,20,22). The van der Waals surface area contributed by atoms with Gasteiger partial charge in [-0.2, -0.15) is 0 Å². The van der Waals surface area contributed by atoms with Crippen molar-refractivity contribution in [3.05, 3.63) is 65.7 Å². The van der Waals surface area contributed by atoms with Crippen LogP contribution < -0.4 is 5.32 Å². The maximum Gasteiger partial charge on any atom is 0.251 e. The number of nitrogens with zero attached hydrogens (tertiary/aromatic N) is 1. The highest BCUT2D eigenvalue weighted by Crippen LogP contribution is 2.27. The van der Waals surface area contributed by atoms with Gasteiger partial charge < -0.3 is 9.73 Å². The molecule has 0 atom stereocenters. The molecule has 2 heterocycles. The van der Waals surface area contributed by atoms with Crippen molar-refractivity contribution in [1.82, 2.24) is 10.3 Å². The first-order valence-corrected chi connectivity index (χ1v) is 7.34. The molecule has 4 rings (SSSR count). The van der Waals surface area contributed by atoms with Crippen LogP contribution in [0.15, 0.2) is 53.1 Å². The largest absolute Gasteiger partial charge is 0.444 e. The first-order chi connectivity index (χ1) is 11.2. The van der Waals surface area contributed by atoms with E-state index < -0.39 is 0 Å². The van der Waals surface area contributed by atoms with E-state index in [0.717, 1.165) is 23.1 Å². The second-order valence-electron chi connectivity index (χ2n) is 5.42. The number of aromatic nitrogens is 1. The lowest BCUT2D eigenvalue weighted by molar-refractivity contribution is 0.0946. The van der Waals surface area contributed by atoms with Crippen molar-refractivity contribution in [3.8, 4) is 22.7 Å². The Morgan fingerprint density at radius 3 is 2.70 bits per heavy atom. The van der Waals surface area contributed by atoms with Gasteiger partial charge in [0.15, 0.2) is 0 Å². The van der Waals surface area contributed by atoms with Crippen LogP contribution in [0.5, 0.6) is 0 Å². The molecule has 1 aliphatic heterocycles. The normalized spacial score (nSPS) is 13.5. The number of rotatable bonds is 2. The van der Waals surface area contributed by atoms with Crippen molar-refractivity contribution in [1.29, 1.82) is 0 Å². The van der Waals surface area contributed by atoms with E-state index >= 15 is 0 Å². The Kier molecular flexibility index (Phi) is 3.19. The van der Waals surface area contributed by atoms with Crippen molar-refractivity contribution in [3.63, 3.8) is 0 Å². The van der Waals surface area contributed by atoms with Crippen molar-refractivity contribution in [2.24, 2.45) is 0 Å². The monoisotopic (exact) mass is 308 g/mol.